The van der Waals surface area contributed by atoms with Crippen molar-refractivity contribution < 1.29 is 18.7 Å². The molecule has 0 aromatic carbocycles. The predicted molar refractivity (Wildman–Crippen MR) is 79.9 cm³/mol. The van der Waals surface area contributed by atoms with Crippen molar-refractivity contribution in [2.24, 2.45) is 0 Å². The topological polar surface area (TPSA) is 77.7 Å². The van der Waals surface area contributed by atoms with Crippen LogP contribution in [-0.4, -0.2) is 47.1 Å². The van der Waals surface area contributed by atoms with Gasteiger partial charge in [0.25, 0.3) is 17.7 Å². The van der Waals surface area contributed by atoms with Crippen LogP contribution in [0.1, 0.15) is 17.0 Å². The second-order valence-corrected chi connectivity index (χ2v) is 5.54. The monoisotopic (exact) mass is 367 g/mol. The van der Waals surface area contributed by atoms with Crippen molar-refractivity contribution in [3.63, 3.8) is 0 Å². The summed E-state index contributed by atoms with van der Waals surface area (Å²) in [6.07, 6.45) is 3.64. The largest absolute Gasteiger partial charge is 0.477 e. The predicted octanol–water partition coefficient (Wildman–Crippen LogP) is 2.13. The fraction of sp³-hybridized carbons (Fsp3) is 0.357. The molecule has 8 heteroatoms. The van der Waals surface area contributed by atoms with Gasteiger partial charge in [-0.05, 0) is 28.1 Å². The van der Waals surface area contributed by atoms with E-state index in [1.54, 1.807) is 17.0 Å². The lowest BCUT2D eigenvalue weighted by atomic mass is 10.3. The molecule has 0 aliphatic carbocycles. The molecule has 3 rings (SSSR count). The fourth-order valence-electron chi connectivity index (χ4n) is 2.29. The van der Waals surface area contributed by atoms with Crippen LogP contribution in [0.4, 0.5) is 0 Å². The van der Waals surface area contributed by atoms with Gasteiger partial charge in [0.05, 0.1) is 13.7 Å². The van der Waals surface area contributed by atoms with Crippen molar-refractivity contribution >= 4 is 21.8 Å². The highest BCUT2D eigenvalue weighted by atomic mass is 79.9. The standard InChI is InChI=1S/C14H14BrN3O4/c1-20-12-13(17-6-5-16-12)21-9-4-7-18(8-9)14(19)10-2-3-11(15)22-10/h2-3,5-6,9H,4,7-8H2,1H3/t9-/m0/s1. The quantitative estimate of drug-likeness (QED) is 0.823. The Morgan fingerprint density at radius 2 is 2.14 bits per heavy atom. The van der Waals surface area contributed by atoms with Gasteiger partial charge in [0.1, 0.15) is 6.10 Å². The van der Waals surface area contributed by atoms with E-state index in [0.717, 1.165) is 0 Å². The molecule has 1 amide bonds. The minimum absolute atomic E-state index is 0.145. The summed E-state index contributed by atoms with van der Waals surface area (Å²) in [6.45, 7) is 1.07. The SMILES string of the molecule is COc1nccnc1O[C@H]1CCN(C(=O)c2ccc(Br)o2)C1. The van der Waals surface area contributed by atoms with Crippen LogP contribution in [0.25, 0.3) is 0 Å². The van der Waals surface area contributed by atoms with E-state index in [9.17, 15) is 4.79 Å². The van der Waals surface area contributed by atoms with Crippen molar-refractivity contribution in [3.05, 3.63) is 35.0 Å². The molecule has 1 aliphatic heterocycles. The molecular formula is C14H14BrN3O4. The molecule has 1 atom stereocenters. The molecule has 22 heavy (non-hydrogen) atoms. The minimum Gasteiger partial charge on any atom is -0.477 e. The third kappa shape index (κ3) is 3.06. The molecule has 1 fully saturated rings. The van der Waals surface area contributed by atoms with Gasteiger partial charge in [-0.2, -0.15) is 0 Å². The summed E-state index contributed by atoms with van der Waals surface area (Å²) in [7, 11) is 1.51. The third-order valence-corrected chi connectivity index (χ3v) is 3.75. The third-order valence-electron chi connectivity index (χ3n) is 3.32. The molecule has 7 nitrogen and oxygen atoms in total. The number of nitrogens with zero attached hydrogens (tertiary/aromatic N) is 3. The Kier molecular flexibility index (Phi) is 4.28. The van der Waals surface area contributed by atoms with Crippen LogP contribution in [-0.2, 0) is 0 Å². The van der Waals surface area contributed by atoms with Gasteiger partial charge in [0, 0.05) is 25.4 Å². The highest BCUT2D eigenvalue weighted by Crippen LogP contribution is 2.25. The molecule has 0 spiro atoms. The zero-order chi connectivity index (χ0) is 15.5. The maximum Gasteiger partial charge on any atom is 0.289 e. The van der Waals surface area contributed by atoms with Gasteiger partial charge >= 0.3 is 0 Å². The van der Waals surface area contributed by atoms with Gasteiger partial charge in [-0.1, -0.05) is 0 Å². The average molecular weight is 368 g/mol. The van der Waals surface area contributed by atoms with E-state index in [-0.39, 0.29) is 12.0 Å². The first-order valence-electron chi connectivity index (χ1n) is 6.73. The second-order valence-electron chi connectivity index (χ2n) is 4.75. The van der Waals surface area contributed by atoms with Gasteiger partial charge in [-0.3, -0.25) is 4.79 Å². The normalized spacial score (nSPS) is 17.5. The highest BCUT2D eigenvalue weighted by Gasteiger charge is 2.30. The minimum atomic E-state index is -0.150. The van der Waals surface area contributed by atoms with Gasteiger partial charge in [0.2, 0.25) is 0 Å². The van der Waals surface area contributed by atoms with Crippen molar-refractivity contribution in [2.75, 3.05) is 20.2 Å². The summed E-state index contributed by atoms with van der Waals surface area (Å²) in [5.74, 6) is 0.833. The Morgan fingerprint density at radius 3 is 2.82 bits per heavy atom. The summed E-state index contributed by atoms with van der Waals surface area (Å²) in [5, 5.41) is 0. The first-order chi connectivity index (χ1) is 10.7. The lowest BCUT2D eigenvalue weighted by molar-refractivity contribution is 0.0737. The summed E-state index contributed by atoms with van der Waals surface area (Å²) >= 11 is 3.19. The summed E-state index contributed by atoms with van der Waals surface area (Å²) in [4.78, 5) is 22.1. The van der Waals surface area contributed by atoms with E-state index in [1.807, 2.05) is 0 Å². The van der Waals surface area contributed by atoms with Crippen LogP contribution in [0.3, 0.4) is 0 Å². The molecule has 2 aromatic heterocycles. The number of amides is 1. The Balaban J connectivity index is 1.64. The second kappa shape index (κ2) is 6.35. The van der Waals surface area contributed by atoms with E-state index >= 15 is 0 Å². The zero-order valence-corrected chi connectivity index (χ0v) is 13.4. The molecule has 2 aromatic rings. The maximum atomic E-state index is 12.3. The van der Waals surface area contributed by atoms with E-state index in [1.165, 1.54) is 19.5 Å². The average Bonchev–Trinajstić information content (AvgIpc) is 3.16. The molecule has 0 unspecified atom stereocenters. The van der Waals surface area contributed by atoms with Gasteiger partial charge in [-0.15, -0.1) is 0 Å². The Hall–Kier alpha value is -2.09. The van der Waals surface area contributed by atoms with Crippen LogP contribution in [0.5, 0.6) is 11.8 Å². The molecular weight excluding hydrogens is 354 g/mol. The lowest BCUT2D eigenvalue weighted by Crippen LogP contribution is -2.30. The van der Waals surface area contributed by atoms with E-state index in [4.69, 9.17) is 13.9 Å². The maximum absolute atomic E-state index is 12.3. The number of rotatable bonds is 4. The van der Waals surface area contributed by atoms with Crippen LogP contribution in [0.2, 0.25) is 0 Å². The number of carbonyl (C=O) groups excluding carboxylic acids is 1. The number of ether oxygens (including phenoxy) is 2. The number of carbonyl (C=O) groups is 1. The van der Waals surface area contributed by atoms with Crippen LogP contribution in [0.15, 0.2) is 33.6 Å². The molecule has 116 valence electrons. The first-order valence-corrected chi connectivity index (χ1v) is 7.53. The van der Waals surface area contributed by atoms with Gasteiger partial charge in [0.15, 0.2) is 10.4 Å². The highest BCUT2D eigenvalue weighted by molar-refractivity contribution is 9.10. The molecule has 0 N–H and O–H groups in total. The number of furan rings is 1. The van der Waals surface area contributed by atoms with Gasteiger partial charge in [-0.25, -0.2) is 9.97 Å². The zero-order valence-electron chi connectivity index (χ0n) is 11.9. The summed E-state index contributed by atoms with van der Waals surface area (Å²) in [6, 6.07) is 3.34. The molecule has 0 radical (unpaired) electrons. The fourth-order valence-corrected chi connectivity index (χ4v) is 2.59. The smallest absolute Gasteiger partial charge is 0.289 e. The van der Waals surface area contributed by atoms with Crippen molar-refractivity contribution in [3.8, 4) is 11.8 Å². The van der Waals surface area contributed by atoms with E-state index in [2.05, 4.69) is 25.9 Å². The Labute approximate surface area is 135 Å². The van der Waals surface area contributed by atoms with Crippen molar-refractivity contribution in [2.45, 2.75) is 12.5 Å². The number of likely N-dealkylation sites (tertiary alicyclic amines) is 1. The number of methoxy groups -OCH3 is 1. The number of hydrogen-bond acceptors (Lipinski definition) is 6. The van der Waals surface area contributed by atoms with Crippen LogP contribution in [0, 0.1) is 0 Å². The Bertz CT molecular complexity index is 676. The number of hydrogen-bond donors (Lipinski definition) is 0. The number of aromatic nitrogens is 2. The molecule has 1 aliphatic rings. The number of halogens is 1. The first kappa shape index (κ1) is 14.8. The van der Waals surface area contributed by atoms with E-state index in [0.29, 0.717) is 41.7 Å². The molecule has 0 bridgehead atoms. The van der Waals surface area contributed by atoms with E-state index < -0.39 is 0 Å². The lowest BCUT2D eigenvalue weighted by Gasteiger charge is -2.16. The van der Waals surface area contributed by atoms with Crippen LogP contribution >= 0.6 is 15.9 Å². The molecule has 3 heterocycles. The van der Waals surface area contributed by atoms with Gasteiger partial charge < -0.3 is 18.8 Å². The Morgan fingerprint density at radius 1 is 1.36 bits per heavy atom. The van der Waals surface area contributed by atoms with Crippen LogP contribution < -0.4 is 9.47 Å². The molecule has 0 saturated carbocycles. The van der Waals surface area contributed by atoms with Crippen molar-refractivity contribution in [1.29, 1.82) is 0 Å². The summed E-state index contributed by atoms with van der Waals surface area (Å²) in [5.41, 5.74) is 0. The van der Waals surface area contributed by atoms with Crippen molar-refractivity contribution in [1.82, 2.24) is 14.9 Å². The summed E-state index contributed by atoms with van der Waals surface area (Å²) < 4.78 is 16.7. The molecule has 1 saturated heterocycles.